The minimum atomic E-state index is -0.807. The van der Waals surface area contributed by atoms with Gasteiger partial charge in [-0.05, 0) is 42.5 Å². The van der Waals surface area contributed by atoms with Crippen LogP contribution in [0.15, 0.2) is 60.8 Å². The number of methoxy groups -OCH3 is 1. The first-order chi connectivity index (χ1) is 16.4. The second kappa shape index (κ2) is 10.1. The van der Waals surface area contributed by atoms with Crippen molar-refractivity contribution in [3.05, 3.63) is 82.6 Å². The number of amides is 1. The van der Waals surface area contributed by atoms with E-state index >= 15 is 0 Å². The van der Waals surface area contributed by atoms with E-state index < -0.39 is 11.4 Å². The van der Waals surface area contributed by atoms with Crippen LogP contribution in [-0.2, 0) is 21.5 Å². The minimum Gasteiger partial charge on any atom is -0.508 e. The van der Waals surface area contributed by atoms with E-state index in [1.807, 2.05) is 30.3 Å². The van der Waals surface area contributed by atoms with Crippen molar-refractivity contribution in [2.75, 3.05) is 19.0 Å². The number of halogens is 1. The zero-order valence-corrected chi connectivity index (χ0v) is 19.4. The SMILES string of the molecule is COC(=O)C1CC(NC(=O)c2nc(NCCc3ccccc3)ncc2Cl)(c2ccc(O)cc2)C1. The molecule has 176 valence electrons. The van der Waals surface area contributed by atoms with Crippen LogP contribution >= 0.6 is 11.6 Å². The van der Waals surface area contributed by atoms with Crippen molar-refractivity contribution < 1.29 is 19.4 Å². The molecule has 8 nitrogen and oxygen atoms in total. The molecule has 3 aromatic rings. The Morgan fingerprint density at radius 3 is 2.53 bits per heavy atom. The van der Waals surface area contributed by atoms with Crippen LogP contribution in [-0.4, -0.2) is 40.6 Å². The van der Waals surface area contributed by atoms with Crippen LogP contribution in [0.2, 0.25) is 5.02 Å². The summed E-state index contributed by atoms with van der Waals surface area (Å²) in [7, 11) is 1.34. The number of benzene rings is 2. The lowest BCUT2D eigenvalue weighted by atomic mass is 9.64. The van der Waals surface area contributed by atoms with Crippen molar-refractivity contribution in [1.82, 2.24) is 15.3 Å². The summed E-state index contributed by atoms with van der Waals surface area (Å²) in [6.07, 6.45) is 2.88. The van der Waals surface area contributed by atoms with Gasteiger partial charge in [0.15, 0.2) is 5.69 Å². The van der Waals surface area contributed by atoms with Crippen molar-refractivity contribution in [3.63, 3.8) is 0 Å². The van der Waals surface area contributed by atoms with E-state index in [0.29, 0.717) is 25.3 Å². The average molecular weight is 481 g/mol. The summed E-state index contributed by atoms with van der Waals surface area (Å²) in [6.45, 7) is 0.588. The lowest BCUT2D eigenvalue weighted by molar-refractivity contribution is -0.151. The van der Waals surface area contributed by atoms with Gasteiger partial charge < -0.3 is 20.5 Å². The van der Waals surface area contributed by atoms with Crippen LogP contribution in [0.3, 0.4) is 0 Å². The zero-order valence-electron chi connectivity index (χ0n) is 18.6. The molecule has 0 unspecified atom stereocenters. The topological polar surface area (TPSA) is 113 Å². The third kappa shape index (κ3) is 5.12. The molecule has 9 heteroatoms. The van der Waals surface area contributed by atoms with Gasteiger partial charge >= 0.3 is 5.97 Å². The molecular formula is C25H25ClN4O4. The normalized spacial score (nSPS) is 19.1. The highest BCUT2D eigenvalue weighted by Gasteiger charge is 2.50. The summed E-state index contributed by atoms with van der Waals surface area (Å²) in [5, 5.41) is 15.9. The number of nitrogens with one attached hydrogen (secondary N) is 2. The van der Waals surface area contributed by atoms with Gasteiger partial charge in [-0.2, -0.15) is 0 Å². The molecule has 0 atom stereocenters. The van der Waals surface area contributed by atoms with E-state index in [1.165, 1.54) is 18.9 Å². The molecule has 1 heterocycles. The smallest absolute Gasteiger partial charge is 0.308 e. The Balaban J connectivity index is 1.49. The van der Waals surface area contributed by atoms with Gasteiger partial charge in [-0.3, -0.25) is 9.59 Å². The summed E-state index contributed by atoms with van der Waals surface area (Å²) in [4.78, 5) is 33.7. The van der Waals surface area contributed by atoms with E-state index in [-0.39, 0.29) is 28.4 Å². The maximum Gasteiger partial charge on any atom is 0.308 e. The number of phenolic OH excluding ortho intramolecular Hbond substituents is 1. The summed E-state index contributed by atoms with van der Waals surface area (Å²) < 4.78 is 4.85. The Morgan fingerprint density at radius 1 is 1.15 bits per heavy atom. The van der Waals surface area contributed by atoms with Gasteiger partial charge in [0.25, 0.3) is 5.91 Å². The van der Waals surface area contributed by atoms with E-state index in [9.17, 15) is 14.7 Å². The highest BCUT2D eigenvalue weighted by Crippen LogP contribution is 2.46. The highest BCUT2D eigenvalue weighted by atomic mass is 35.5. The number of nitrogens with zero attached hydrogens (tertiary/aromatic N) is 2. The standard InChI is InChI=1S/C25H25ClN4O4/c1-34-23(33)17-13-25(14-17,18-7-9-19(31)10-8-18)30-22(32)21-20(26)15-28-24(29-21)27-12-11-16-5-3-2-4-6-16/h2-10,15,17,31H,11-14H2,1H3,(H,30,32)(H,27,28,29). The fourth-order valence-corrected chi connectivity index (χ4v) is 4.33. The number of phenols is 1. The molecule has 1 amide bonds. The van der Waals surface area contributed by atoms with Crippen molar-refractivity contribution in [3.8, 4) is 5.75 Å². The van der Waals surface area contributed by atoms with Crippen LogP contribution in [0.25, 0.3) is 0 Å². The number of ether oxygens (including phenoxy) is 1. The maximum atomic E-state index is 13.2. The fourth-order valence-electron chi connectivity index (χ4n) is 4.16. The number of carbonyl (C=O) groups excluding carboxylic acids is 2. The van der Waals surface area contributed by atoms with Gasteiger partial charge in [0.1, 0.15) is 5.75 Å². The van der Waals surface area contributed by atoms with Gasteiger partial charge in [-0.15, -0.1) is 0 Å². The molecule has 0 spiro atoms. The Morgan fingerprint density at radius 2 is 1.85 bits per heavy atom. The van der Waals surface area contributed by atoms with Crippen molar-refractivity contribution in [2.24, 2.45) is 5.92 Å². The Labute approximate surface area is 202 Å². The predicted octanol–water partition coefficient (Wildman–Crippen LogP) is 3.70. The molecule has 1 aliphatic carbocycles. The average Bonchev–Trinajstić information content (AvgIpc) is 2.83. The van der Waals surface area contributed by atoms with Crippen molar-refractivity contribution in [1.29, 1.82) is 0 Å². The Hall–Kier alpha value is -3.65. The predicted molar refractivity (Wildman–Crippen MR) is 128 cm³/mol. The van der Waals surface area contributed by atoms with Crippen LogP contribution in [0.5, 0.6) is 5.75 Å². The van der Waals surface area contributed by atoms with Gasteiger partial charge in [0, 0.05) is 6.54 Å². The number of hydrogen-bond donors (Lipinski definition) is 3. The molecule has 1 aromatic heterocycles. The molecule has 34 heavy (non-hydrogen) atoms. The molecule has 0 saturated heterocycles. The maximum absolute atomic E-state index is 13.2. The van der Waals surface area contributed by atoms with Gasteiger partial charge in [-0.25, -0.2) is 9.97 Å². The number of rotatable bonds is 8. The molecule has 4 rings (SSSR count). The minimum absolute atomic E-state index is 0.0403. The number of esters is 1. The fraction of sp³-hybridized carbons (Fsp3) is 0.280. The van der Waals surface area contributed by atoms with Gasteiger partial charge in [0.2, 0.25) is 5.95 Å². The molecule has 1 fully saturated rings. The van der Waals surface area contributed by atoms with E-state index in [0.717, 1.165) is 12.0 Å². The van der Waals surface area contributed by atoms with Gasteiger partial charge in [-0.1, -0.05) is 54.1 Å². The lowest BCUT2D eigenvalue weighted by Gasteiger charge is -2.47. The second-order valence-corrected chi connectivity index (χ2v) is 8.67. The molecular weight excluding hydrogens is 456 g/mol. The van der Waals surface area contributed by atoms with Crippen LogP contribution in [0.4, 0.5) is 5.95 Å². The number of hydrogen-bond acceptors (Lipinski definition) is 7. The van der Waals surface area contributed by atoms with Gasteiger partial charge in [0.05, 0.1) is 29.8 Å². The van der Waals surface area contributed by atoms with Crippen LogP contribution < -0.4 is 10.6 Å². The first kappa shape index (κ1) is 23.5. The third-order valence-electron chi connectivity index (χ3n) is 6.00. The first-order valence-corrected chi connectivity index (χ1v) is 11.3. The van der Waals surface area contributed by atoms with Crippen LogP contribution in [0.1, 0.15) is 34.5 Å². The quantitative estimate of drug-likeness (QED) is 0.421. The van der Waals surface area contributed by atoms with Crippen molar-refractivity contribution in [2.45, 2.75) is 24.8 Å². The Kier molecular flexibility index (Phi) is 6.98. The monoisotopic (exact) mass is 480 g/mol. The summed E-state index contributed by atoms with van der Waals surface area (Å²) in [5.74, 6) is -0.733. The van der Waals surface area contributed by atoms with Crippen molar-refractivity contribution >= 4 is 29.4 Å². The van der Waals surface area contributed by atoms with Crippen LogP contribution in [0, 0.1) is 5.92 Å². The molecule has 0 radical (unpaired) electrons. The number of anilines is 1. The molecule has 0 bridgehead atoms. The first-order valence-electron chi connectivity index (χ1n) is 10.9. The third-order valence-corrected chi connectivity index (χ3v) is 6.27. The number of aromatic hydroxyl groups is 1. The zero-order chi connectivity index (χ0) is 24.1. The van der Waals surface area contributed by atoms with E-state index in [2.05, 4.69) is 20.6 Å². The summed E-state index contributed by atoms with van der Waals surface area (Å²) in [6, 6.07) is 16.5. The summed E-state index contributed by atoms with van der Waals surface area (Å²) >= 11 is 6.26. The highest BCUT2D eigenvalue weighted by molar-refractivity contribution is 6.33. The number of carbonyl (C=O) groups is 2. The Bertz CT molecular complexity index is 1170. The van der Waals surface area contributed by atoms with E-state index in [1.54, 1.807) is 24.3 Å². The van der Waals surface area contributed by atoms with E-state index in [4.69, 9.17) is 16.3 Å². The molecule has 0 aliphatic heterocycles. The largest absolute Gasteiger partial charge is 0.508 e. The number of aromatic nitrogens is 2. The molecule has 1 aliphatic rings. The second-order valence-electron chi connectivity index (χ2n) is 8.26. The summed E-state index contributed by atoms with van der Waals surface area (Å²) in [5.41, 5.74) is 1.17. The molecule has 1 saturated carbocycles. The lowest BCUT2D eigenvalue weighted by Crippen LogP contribution is -2.56. The molecule has 3 N–H and O–H groups in total. The molecule has 2 aromatic carbocycles.